The molecule has 3 atom stereocenters. The van der Waals surface area contributed by atoms with E-state index in [0.29, 0.717) is 19.7 Å². The van der Waals surface area contributed by atoms with Crippen LogP contribution in [-0.2, 0) is 9.53 Å². The SMILES string of the molecule is CC(CN1CC(CO)OCC1C)C(=O)O. The molecule has 0 aromatic heterocycles. The molecule has 1 fully saturated rings. The minimum atomic E-state index is -0.783. The van der Waals surface area contributed by atoms with Crippen LogP contribution in [0.2, 0.25) is 0 Å². The van der Waals surface area contributed by atoms with E-state index in [1.165, 1.54) is 0 Å². The molecule has 1 rings (SSSR count). The average molecular weight is 217 g/mol. The van der Waals surface area contributed by atoms with Crippen LogP contribution in [0.4, 0.5) is 0 Å². The molecular weight excluding hydrogens is 198 g/mol. The predicted molar refractivity (Wildman–Crippen MR) is 54.7 cm³/mol. The number of carbonyl (C=O) groups is 1. The lowest BCUT2D eigenvalue weighted by molar-refractivity contribution is -0.143. The van der Waals surface area contributed by atoms with Crippen molar-refractivity contribution in [2.45, 2.75) is 26.0 Å². The second-order valence-corrected chi connectivity index (χ2v) is 4.18. The van der Waals surface area contributed by atoms with Gasteiger partial charge >= 0.3 is 5.97 Å². The molecule has 0 aromatic carbocycles. The zero-order chi connectivity index (χ0) is 11.4. The summed E-state index contributed by atoms with van der Waals surface area (Å²) in [6.45, 7) is 5.36. The molecule has 1 saturated heterocycles. The number of nitrogens with zero attached hydrogens (tertiary/aromatic N) is 1. The van der Waals surface area contributed by atoms with E-state index in [1.54, 1.807) is 6.92 Å². The molecule has 0 bridgehead atoms. The average Bonchev–Trinajstić information content (AvgIpc) is 2.21. The highest BCUT2D eigenvalue weighted by Crippen LogP contribution is 2.13. The highest BCUT2D eigenvalue weighted by atomic mass is 16.5. The first-order chi connectivity index (χ1) is 7.04. The van der Waals surface area contributed by atoms with Crippen molar-refractivity contribution in [1.82, 2.24) is 4.90 Å². The molecular formula is C10H19NO4. The molecule has 5 nitrogen and oxygen atoms in total. The first-order valence-corrected chi connectivity index (χ1v) is 5.24. The number of rotatable bonds is 4. The lowest BCUT2D eigenvalue weighted by Crippen LogP contribution is -2.51. The summed E-state index contributed by atoms with van der Waals surface area (Å²) in [4.78, 5) is 12.8. The maximum absolute atomic E-state index is 10.7. The molecule has 88 valence electrons. The van der Waals surface area contributed by atoms with Crippen LogP contribution in [0.5, 0.6) is 0 Å². The van der Waals surface area contributed by atoms with Crippen molar-refractivity contribution in [3.05, 3.63) is 0 Å². The van der Waals surface area contributed by atoms with Gasteiger partial charge in [-0.2, -0.15) is 0 Å². The molecule has 5 heteroatoms. The number of hydrogen-bond donors (Lipinski definition) is 2. The fourth-order valence-corrected chi connectivity index (χ4v) is 1.67. The summed E-state index contributed by atoms with van der Waals surface area (Å²) in [5, 5.41) is 17.8. The van der Waals surface area contributed by atoms with E-state index >= 15 is 0 Å². The standard InChI is InChI=1S/C10H19NO4/c1-7(10(13)14)3-11-4-9(5-12)15-6-8(11)2/h7-9,12H,3-6H2,1-2H3,(H,13,14). The Morgan fingerprint density at radius 1 is 1.67 bits per heavy atom. The summed E-state index contributed by atoms with van der Waals surface area (Å²) >= 11 is 0. The van der Waals surface area contributed by atoms with E-state index in [4.69, 9.17) is 14.9 Å². The van der Waals surface area contributed by atoms with Crippen LogP contribution in [0.25, 0.3) is 0 Å². The van der Waals surface area contributed by atoms with Gasteiger partial charge in [0.25, 0.3) is 0 Å². The molecule has 1 aliphatic rings. The number of aliphatic hydroxyl groups excluding tert-OH is 1. The lowest BCUT2D eigenvalue weighted by atomic mass is 10.1. The van der Waals surface area contributed by atoms with Gasteiger partial charge in [0.1, 0.15) is 0 Å². The number of morpholine rings is 1. The topological polar surface area (TPSA) is 70.0 Å². The summed E-state index contributed by atoms with van der Waals surface area (Å²) in [6.07, 6.45) is -0.179. The fraction of sp³-hybridized carbons (Fsp3) is 0.900. The first-order valence-electron chi connectivity index (χ1n) is 5.24. The van der Waals surface area contributed by atoms with Crippen molar-refractivity contribution in [2.24, 2.45) is 5.92 Å². The van der Waals surface area contributed by atoms with Crippen LogP contribution in [0.1, 0.15) is 13.8 Å². The minimum absolute atomic E-state index is 0.00925. The third-order valence-electron chi connectivity index (χ3n) is 2.77. The Hall–Kier alpha value is -0.650. The van der Waals surface area contributed by atoms with E-state index in [2.05, 4.69) is 4.90 Å². The Balaban J connectivity index is 2.47. The number of aliphatic carboxylic acids is 1. The molecule has 3 unspecified atom stereocenters. The van der Waals surface area contributed by atoms with Crippen molar-refractivity contribution >= 4 is 5.97 Å². The largest absolute Gasteiger partial charge is 0.481 e. The van der Waals surface area contributed by atoms with Gasteiger partial charge < -0.3 is 14.9 Å². The van der Waals surface area contributed by atoms with Crippen LogP contribution in [0.15, 0.2) is 0 Å². The zero-order valence-corrected chi connectivity index (χ0v) is 9.22. The first kappa shape index (κ1) is 12.4. The van der Waals surface area contributed by atoms with Gasteiger partial charge in [0, 0.05) is 19.1 Å². The van der Waals surface area contributed by atoms with Gasteiger partial charge in [-0.05, 0) is 6.92 Å². The molecule has 15 heavy (non-hydrogen) atoms. The maximum atomic E-state index is 10.7. The summed E-state index contributed by atoms with van der Waals surface area (Å²) in [5.41, 5.74) is 0. The van der Waals surface area contributed by atoms with Crippen LogP contribution >= 0.6 is 0 Å². The van der Waals surface area contributed by atoms with Gasteiger partial charge in [0.15, 0.2) is 0 Å². The number of aliphatic hydroxyl groups is 1. The molecule has 0 amide bonds. The summed E-state index contributed by atoms with van der Waals surface area (Å²) in [6, 6.07) is 0.217. The Kier molecular flexibility index (Phi) is 4.50. The smallest absolute Gasteiger partial charge is 0.307 e. The second kappa shape index (κ2) is 5.44. The number of carboxylic acids is 1. The molecule has 2 N–H and O–H groups in total. The Morgan fingerprint density at radius 3 is 2.87 bits per heavy atom. The normalized spacial score (nSPS) is 30.1. The Morgan fingerprint density at radius 2 is 2.33 bits per heavy atom. The van der Waals surface area contributed by atoms with Gasteiger partial charge in [-0.3, -0.25) is 9.69 Å². The van der Waals surface area contributed by atoms with E-state index in [9.17, 15) is 4.79 Å². The van der Waals surface area contributed by atoms with Crippen molar-refractivity contribution in [3.63, 3.8) is 0 Å². The van der Waals surface area contributed by atoms with E-state index in [1.807, 2.05) is 6.92 Å². The number of hydrogen-bond acceptors (Lipinski definition) is 4. The molecule has 1 aliphatic heterocycles. The van der Waals surface area contributed by atoms with E-state index in [0.717, 1.165) is 0 Å². The molecule has 0 saturated carbocycles. The Bertz CT molecular complexity index is 221. The third-order valence-corrected chi connectivity index (χ3v) is 2.77. The minimum Gasteiger partial charge on any atom is -0.481 e. The van der Waals surface area contributed by atoms with Crippen molar-refractivity contribution in [1.29, 1.82) is 0 Å². The highest BCUT2D eigenvalue weighted by molar-refractivity contribution is 5.69. The molecule has 0 aliphatic carbocycles. The van der Waals surface area contributed by atoms with Gasteiger partial charge in [-0.1, -0.05) is 6.92 Å². The van der Waals surface area contributed by atoms with Crippen LogP contribution in [0, 0.1) is 5.92 Å². The second-order valence-electron chi connectivity index (χ2n) is 4.18. The molecule has 0 radical (unpaired) electrons. The maximum Gasteiger partial charge on any atom is 0.307 e. The molecule has 1 heterocycles. The third kappa shape index (κ3) is 3.44. The van der Waals surface area contributed by atoms with Crippen LogP contribution < -0.4 is 0 Å². The van der Waals surface area contributed by atoms with Crippen LogP contribution in [-0.4, -0.2) is 59.5 Å². The molecule has 0 aromatic rings. The summed E-state index contributed by atoms with van der Waals surface area (Å²) in [5.74, 6) is -1.17. The van der Waals surface area contributed by atoms with E-state index < -0.39 is 5.97 Å². The highest BCUT2D eigenvalue weighted by Gasteiger charge is 2.27. The Labute approximate surface area is 89.6 Å². The number of ether oxygens (including phenoxy) is 1. The van der Waals surface area contributed by atoms with Gasteiger partial charge in [-0.25, -0.2) is 0 Å². The van der Waals surface area contributed by atoms with Gasteiger partial charge in [0.05, 0.1) is 25.2 Å². The molecule has 0 spiro atoms. The lowest BCUT2D eigenvalue weighted by Gasteiger charge is -2.38. The van der Waals surface area contributed by atoms with Crippen molar-refractivity contribution in [3.8, 4) is 0 Å². The summed E-state index contributed by atoms with van der Waals surface area (Å²) < 4.78 is 5.37. The van der Waals surface area contributed by atoms with Gasteiger partial charge in [0.2, 0.25) is 0 Å². The van der Waals surface area contributed by atoms with Crippen LogP contribution in [0.3, 0.4) is 0 Å². The van der Waals surface area contributed by atoms with Gasteiger partial charge in [-0.15, -0.1) is 0 Å². The van der Waals surface area contributed by atoms with E-state index in [-0.39, 0.29) is 24.7 Å². The quantitative estimate of drug-likeness (QED) is 0.682. The zero-order valence-electron chi connectivity index (χ0n) is 9.22. The predicted octanol–water partition coefficient (Wildman–Crippen LogP) is -0.211. The summed E-state index contributed by atoms with van der Waals surface area (Å²) in [7, 11) is 0. The number of carboxylic acid groups (broad SMARTS) is 1. The van der Waals surface area contributed by atoms with Crippen molar-refractivity contribution in [2.75, 3.05) is 26.3 Å². The monoisotopic (exact) mass is 217 g/mol. The van der Waals surface area contributed by atoms with Crippen molar-refractivity contribution < 1.29 is 19.7 Å². The fourth-order valence-electron chi connectivity index (χ4n) is 1.67.